The summed E-state index contributed by atoms with van der Waals surface area (Å²) in [5, 5.41) is 36.6. The van der Waals surface area contributed by atoms with Gasteiger partial charge in [-0.25, -0.2) is 0 Å². The van der Waals surface area contributed by atoms with Crippen molar-refractivity contribution >= 4 is 0 Å². The van der Waals surface area contributed by atoms with E-state index in [2.05, 4.69) is 0 Å². The van der Waals surface area contributed by atoms with Crippen LogP contribution in [0.25, 0.3) is 0 Å². The fourth-order valence-electron chi connectivity index (χ4n) is 2.48. The Kier molecular flexibility index (Phi) is 10.9. The van der Waals surface area contributed by atoms with Crippen LogP contribution in [0, 0.1) is 5.92 Å². The zero-order chi connectivity index (χ0) is 16.9. The van der Waals surface area contributed by atoms with E-state index in [1.165, 1.54) is 0 Å². The monoisotopic (exact) mass is 326 g/mol. The van der Waals surface area contributed by atoms with E-state index in [9.17, 15) is 10.2 Å². The van der Waals surface area contributed by atoms with E-state index in [4.69, 9.17) is 14.9 Å². The van der Waals surface area contributed by atoms with Gasteiger partial charge in [0.15, 0.2) is 0 Å². The molecule has 4 N–H and O–H groups in total. The normalized spacial score (nSPS) is 15.3. The number of hydrogen-bond donors (Lipinski definition) is 4. The van der Waals surface area contributed by atoms with Crippen LogP contribution < -0.4 is 0 Å². The standard InChI is InChI=1S/C18H30O5/c19-11-17(21)8-4-7-16(9-10-18(22)12-20)14-23-13-15-5-2-1-3-6-15/h1-3,5-6,16-22H,4,7-14H2. The number of aliphatic hydroxyl groups excluding tert-OH is 4. The summed E-state index contributed by atoms with van der Waals surface area (Å²) in [6.45, 7) is 0.709. The van der Waals surface area contributed by atoms with Gasteiger partial charge >= 0.3 is 0 Å². The number of aliphatic hydroxyl groups is 4. The third-order valence-electron chi connectivity index (χ3n) is 3.94. The average Bonchev–Trinajstić information content (AvgIpc) is 2.59. The molecule has 0 aliphatic rings. The predicted octanol–water partition coefficient (Wildman–Crippen LogP) is 1.48. The molecule has 1 aromatic rings. The molecule has 0 fully saturated rings. The lowest BCUT2D eigenvalue weighted by molar-refractivity contribution is 0.0526. The van der Waals surface area contributed by atoms with Crippen molar-refractivity contribution in [1.82, 2.24) is 0 Å². The first-order chi connectivity index (χ1) is 11.2. The third kappa shape index (κ3) is 9.69. The van der Waals surface area contributed by atoms with Gasteiger partial charge in [0, 0.05) is 6.61 Å². The van der Waals surface area contributed by atoms with Gasteiger partial charge in [-0.2, -0.15) is 0 Å². The Morgan fingerprint density at radius 1 is 0.826 bits per heavy atom. The largest absolute Gasteiger partial charge is 0.394 e. The second-order valence-electron chi connectivity index (χ2n) is 6.05. The van der Waals surface area contributed by atoms with E-state index in [1.54, 1.807) is 0 Å². The lowest BCUT2D eigenvalue weighted by Crippen LogP contribution is -2.18. The minimum atomic E-state index is -0.686. The lowest BCUT2D eigenvalue weighted by atomic mass is 9.95. The molecule has 0 bridgehead atoms. The Labute approximate surface area is 138 Å². The summed E-state index contributed by atoms with van der Waals surface area (Å²) >= 11 is 0. The number of hydrogen-bond acceptors (Lipinski definition) is 5. The van der Waals surface area contributed by atoms with Gasteiger partial charge in [-0.05, 0) is 37.2 Å². The molecule has 0 amide bonds. The molecule has 0 aliphatic heterocycles. The molecule has 0 spiro atoms. The van der Waals surface area contributed by atoms with Crippen LogP contribution in [0.15, 0.2) is 30.3 Å². The van der Waals surface area contributed by atoms with Crippen LogP contribution in [0.3, 0.4) is 0 Å². The van der Waals surface area contributed by atoms with Crippen molar-refractivity contribution in [3.05, 3.63) is 35.9 Å². The molecule has 1 aromatic carbocycles. The predicted molar refractivity (Wildman–Crippen MR) is 88.9 cm³/mol. The van der Waals surface area contributed by atoms with Gasteiger partial charge in [0.1, 0.15) is 0 Å². The van der Waals surface area contributed by atoms with Gasteiger partial charge < -0.3 is 25.2 Å². The summed E-state index contributed by atoms with van der Waals surface area (Å²) in [6.07, 6.45) is 2.19. The maximum Gasteiger partial charge on any atom is 0.0771 e. The highest BCUT2D eigenvalue weighted by Gasteiger charge is 2.13. The van der Waals surface area contributed by atoms with Crippen molar-refractivity contribution in [2.75, 3.05) is 19.8 Å². The maximum atomic E-state index is 9.50. The van der Waals surface area contributed by atoms with Gasteiger partial charge in [0.05, 0.1) is 32.0 Å². The van der Waals surface area contributed by atoms with E-state index in [-0.39, 0.29) is 19.1 Å². The quantitative estimate of drug-likeness (QED) is 0.441. The molecule has 5 heteroatoms. The maximum absolute atomic E-state index is 9.50. The zero-order valence-electron chi connectivity index (χ0n) is 13.7. The molecular weight excluding hydrogens is 296 g/mol. The molecule has 3 atom stereocenters. The van der Waals surface area contributed by atoms with Gasteiger partial charge in [-0.1, -0.05) is 36.8 Å². The summed E-state index contributed by atoms with van der Waals surface area (Å²) in [5.41, 5.74) is 1.12. The minimum absolute atomic E-state index is 0.210. The smallest absolute Gasteiger partial charge is 0.0771 e. The van der Waals surface area contributed by atoms with Crippen LogP contribution in [0.4, 0.5) is 0 Å². The number of benzene rings is 1. The molecule has 0 aliphatic carbocycles. The van der Waals surface area contributed by atoms with Crippen molar-refractivity contribution in [3.8, 4) is 0 Å². The summed E-state index contributed by atoms with van der Waals surface area (Å²) in [4.78, 5) is 0. The van der Waals surface area contributed by atoms with Crippen LogP contribution >= 0.6 is 0 Å². The second-order valence-corrected chi connectivity index (χ2v) is 6.05. The van der Waals surface area contributed by atoms with Crippen LogP contribution in [0.1, 0.15) is 37.7 Å². The number of ether oxygens (including phenoxy) is 1. The first-order valence-electron chi connectivity index (χ1n) is 8.35. The summed E-state index contributed by atoms with van der Waals surface area (Å²) in [7, 11) is 0. The van der Waals surface area contributed by atoms with Crippen molar-refractivity contribution < 1.29 is 25.2 Å². The van der Waals surface area contributed by atoms with Crippen molar-refractivity contribution in [2.45, 2.75) is 50.9 Å². The average molecular weight is 326 g/mol. The Morgan fingerprint density at radius 2 is 1.48 bits per heavy atom. The van der Waals surface area contributed by atoms with Crippen molar-refractivity contribution in [2.24, 2.45) is 5.92 Å². The molecule has 0 saturated carbocycles. The summed E-state index contributed by atoms with van der Waals surface area (Å²) in [6, 6.07) is 9.95. The first kappa shape index (κ1) is 20.1. The van der Waals surface area contributed by atoms with Crippen LogP contribution in [0.5, 0.6) is 0 Å². The van der Waals surface area contributed by atoms with E-state index in [0.29, 0.717) is 26.1 Å². The van der Waals surface area contributed by atoms with Crippen molar-refractivity contribution in [3.63, 3.8) is 0 Å². The lowest BCUT2D eigenvalue weighted by Gasteiger charge is -2.19. The SMILES string of the molecule is OCC(O)CCCC(CCC(O)CO)COCc1ccccc1. The third-order valence-corrected chi connectivity index (χ3v) is 3.94. The molecule has 0 heterocycles. The number of rotatable bonds is 13. The van der Waals surface area contributed by atoms with Gasteiger partial charge in [-0.3, -0.25) is 0 Å². The first-order valence-corrected chi connectivity index (χ1v) is 8.35. The molecular formula is C18H30O5. The van der Waals surface area contributed by atoms with Crippen LogP contribution in [-0.2, 0) is 11.3 Å². The minimum Gasteiger partial charge on any atom is -0.394 e. The van der Waals surface area contributed by atoms with E-state index >= 15 is 0 Å². The highest BCUT2D eigenvalue weighted by Crippen LogP contribution is 2.18. The molecule has 1 rings (SSSR count). The Balaban J connectivity index is 2.33. The molecule has 23 heavy (non-hydrogen) atoms. The summed E-state index contributed by atoms with van der Waals surface area (Å²) in [5.74, 6) is 0.269. The molecule has 3 unspecified atom stereocenters. The molecule has 0 aromatic heterocycles. The highest BCUT2D eigenvalue weighted by atomic mass is 16.5. The van der Waals surface area contributed by atoms with E-state index < -0.39 is 12.2 Å². The van der Waals surface area contributed by atoms with Gasteiger partial charge in [0.25, 0.3) is 0 Å². The van der Waals surface area contributed by atoms with Crippen LogP contribution in [-0.4, -0.2) is 52.5 Å². The van der Waals surface area contributed by atoms with Gasteiger partial charge in [-0.15, -0.1) is 0 Å². The summed E-state index contributed by atoms with van der Waals surface area (Å²) < 4.78 is 5.78. The topological polar surface area (TPSA) is 90.2 Å². The van der Waals surface area contributed by atoms with E-state index in [0.717, 1.165) is 24.8 Å². The second kappa shape index (κ2) is 12.4. The molecule has 0 radical (unpaired) electrons. The molecule has 5 nitrogen and oxygen atoms in total. The Hall–Kier alpha value is -0.980. The molecule has 132 valence electrons. The molecule has 0 saturated heterocycles. The Morgan fingerprint density at radius 3 is 2.13 bits per heavy atom. The Bertz CT molecular complexity index is 384. The zero-order valence-corrected chi connectivity index (χ0v) is 13.7. The fraction of sp³-hybridized carbons (Fsp3) is 0.667. The van der Waals surface area contributed by atoms with Crippen molar-refractivity contribution in [1.29, 1.82) is 0 Å². The van der Waals surface area contributed by atoms with E-state index in [1.807, 2.05) is 30.3 Å². The fourth-order valence-corrected chi connectivity index (χ4v) is 2.48. The van der Waals surface area contributed by atoms with Gasteiger partial charge in [0.2, 0.25) is 0 Å². The highest BCUT2D eigenvalue weighted by molar-refractivity contribution is 5.13. The van der Waals surface area contributed by atoms with Crippen LogP contribution in [0.2, 0.25) is 0 Å².